The number of nitrogens with zero attached hydrogens (tertiary/aromatic N) is 2. The summed E-state index contributed by atoms with van der Waals surface area (Å²) in [5.74, 6) is 0.332. The Hall–Kier alpha value is -2.07. The number of amides is 1. The number of benzene rings is 1. The zero-order valence-electron chi connectivity index (χ0n) is 14.7. The van der Waals surface area contributed by atoms with Gasteiger partial charge in [-0.2, -0.15) is 13.2 Å². The minimum Gasteiger partial charge on any atom is -0.379 e. The molecule has 2 rings (SSSR count). The molecule has 152 valence electrons. The van der Waals surface area contributed by atoms with Crippen molar-refractivity contribution in [3.63, 3.8) is 0 Å². The molecule has 0 radical (unpaired) electrons. The van der Waals surface area contributed by atoms with Crippen LogP contribution in [0.15, 0.2) is 18.2 Å². The van der Waals surface area contributed by atoms with Gasteiger partial charge in [0.1, 0.15) is 5.69 Å². The summed E-state index contributed by atoms with van der Waals surface area (Å²) in [6, 6.07) is 2.29. The van der Waals surface area contributed by atoms with E-state index in [9.17, 15) is 28.1 Å². The highest BCUT2D eigenvalue weighted by atomic mass is 35.5. The van der Waals surface area contributed by atoms with E-state index < -0.39 is 22.4 Å². The summed E-state index contributed by atoms with van der Waals surface area (Å²) in [5.41, 5.74) is -1.79. The fourth-order valence-electron chi connectivity index (χ4n) is 2.99. The highest BCUT2D eigenvalue weighted by Crippen LogP contribution is 2.34. The minimum atomic E-state index is -4.65. The smallest absolute Gasteiger partial charge is 0.379 e. The van der Waals surface area contributed by atoms with Gasteiger partial charge >= 0.3 is 6.18 Å². The number of hydrogen-bond acceptors (Lipinski definition) is 5. The minimum absolute atomic E-state index is 0. The number of alkyl halides is 3. The van der Waals surface area contributed by atoms with Crippen molar-refractivity contribution in [2.24, 2.45) is 5.92 Å². The van der Waals surface area contributed by atoms with Crippen molar-refractivity contribution in [2.45, 2.75) is 19.0 Å². The molecule has 27 heavy (non-hydrogen) atoms. The van der Waals surface area contributed by atoms with Gasteiger partial charge in [0.15, 0.2) is 0 Å². The molecule has 7 nitrogen and oxygen atoms in total. The largest absolute Gasteiger partial charge is 0.416 e. The van der Waals surface area contributed by atoms with E-state index in [0.29, 0.717) is 25.1 Å². The number of anilines is 1. The van der Waals surface area contributed by atoms with Crippen LogP contribution in [0.3, 0.4) is 0 Å². The molecule has 1 fully saturated rings. The Morgan fingerprint density at radius 3 is 2.70 bits per heavy atom. The first-order valence-electron chi connectivity index (χ1n) is 8.24. The van der Waals surface area contributed by atoms with Crippen LogP contribution >= 0.6 is 12.4 Å². The van der Waals surface area contributed by atoms with Crippen LogP contribution < -0.4 is 10.6 Å². The number of rotatable bonds is 7. The van der Waals surface area contributed by atoms with E-state index in [-0.39, 0.29) is 37.0 Å². The van der Waals surface area contributed by atoms with Gasteiger partial charge in [0.2, 0.25) is 5.91 Å². The molecular formula is C16H22ClF3N4O3. The summed E-state index contributed by atoms with van der Waals surface area (Å²) in [6.07, 6.45) is -3.62. The summed E-state index contributed by atoms with van der Waals surface area (Å²) in [7, 11) is 1.85. The van der Waals surface area contributed by atoms with Gasteiger partial charge in [0.25, 0.3) is 5.69 Å². The maximum atomic E-state index is 12.7. The van der Waals surface area contributed by atoms with Crippen LogP contribution in [0.4, 0.5) is 24.5 Å². The first-order valence-corrected chi connectivity index (χ1v) is 8.24. The molecule has 1 amide bonds. The number of nitrogens with one attached hydrogen (secondary N) is 2. The van der Waals surface area contributed by atoms with E-state index >= 15 is 0 Å². The van der Waals surface area contributed by atoms with Crippen molar-refractivity contribution in [3.8, 4) is 0 Å². The number of carbonyl (C=O) groups excluding carboxylic acids is 1. The van der Waals surface area contributed by atoms with Crippen molar-refractivity contribution in [2.75, 3.05) is 38.5 Å². The van der Waals surface area contributed by atoms with Gasteiger partial charge in [-0.05, 0) is 38.1 Å². The lowest BCUT2D eigenvalue weighted by Crippen LogP contribution is -2.31. The van der Waals surface area contributed by atoms with Crippen LogP contribution in [-0.4, -0.2) is 49.0 Å². The average molecular weight is 411 g/mol. The summed E-state index contributed by atoms with van der Waals surface area (Å²) >= 11 is 0. The Balaban J connectivity index is 0.00000364. The van der Waals surface area contributed by atoms with Crippen molar-refractivity contribution >= 4 is 29.7 Å². The lowest BCUT2D eigenvalue weighted by atomic mass is 10.1. The van der Waals surface area contributed by atoms with Crippen LogP contribution in [0, 0.1) is 16.0 Å². The molecule has 1 atom stereocenters. The van der Waals surface area contributed by atoms with E-state index in [1.807, 2.05) is 7.05 Å². The first kappa shape index (κ1) is 23.0. The number of hydrogen-bond donors (Lipinski definition) is 2. The topological polar surface area (TPSA) is 87.5 Å². The Bertz CT molecular complexity index is 673. The second-order valence-corrected chi connectivity index (χ2v) is 6.22. The monoisotopic (exact) mass is 410 g/mol. The van der Waals surface area contributed by atoms with Gasteiger partial charge in [-0.25, -0.2) is 0 Å². The SMILES string of the molecule is CNCC1CCN(C(=O)CCNc2ccc(C(F)(F)F)cc2[N+](=O)[O-])C1.Cl. The number of halogens is 4. The summed E-state index contributed by atoms with van der Waals surface area (Å²) in [6.45, 7) is 2.28. The zero-order valence-corrected chi connectivity index (χ0v) is 15.5. The average Bonchev–Trinajstić information content (AvgIpc) is 3.03. The molecule has 1 aliphatic rings. The predicted molar refractivity (Wildman–Crippen MR) is 97.1 cm³/mol. The van der Waals surface area contributed by atoms with Gasteiger partial charge in [-0.3, -0.25) is 14.9 Å². The third kappa shape index (κ3) is 6.24. The zero-order chi connectivity index (χ0) is 19.3. The number of carbonyl (C=O) groups is 1. The number of nitro benzene ring substituents is 1. The van der Waals surface area contributed by atoms with E-state index in [4.69, 9.17) is 0 Å². The number of nitro groups is 1. The van der Waals surface area contributed by atoms with Gasteiger partial charge < -0.3 is 15.5 Å². The molecule has 1 aliphatic heterocycles. The third-order valence-corrected chi connectivity index (χ3v) is 4.31. The van der Waals surface area contributed by atoms with E-state index in [0.717, 1.165) is 25.1 Å². The van der Waals surface area contributed by atoms with Crippen molar-refractivity contribution in [1.29, 1.82) is 0 Å². The molecule has 2 N–H and O–H groups in total. The molecule has 1 saturated heterocycles. The molecule has 11 heteroatoms. The second-order valence-electron chi connectivity index (χ2n) is 6.22. The molecule has 0 saturated carbocycles. The first-order chi connectivity index (χ1) is 12.2. The molecular weight excluding hydrogens is 389 g/mol. The highest BCUT2D eigenvalue weighted by molar-refractivity contribution is 5.85. The van der Waals surface area contributed by atoms with Gasteiger partial charge in [0, 0.05) is 32.1 Å². The Kier molecular flexibility index (Phi) is 8.29. The van der Waals surface area contributed by atoms with Crippen LogP contribution in [0.1, 0.15) is 18.4 Å². The maximum absolute atomic E-state index is 12.7. The van der Waals surface area contributed by atoms with Crippen molar-refractivity contribution in [1.82, 2.24) is 10.2 Å². The second kappa shape index (κ2) is 9.75. The summed E-state index contributed by atoms with van der Waals surface area (Å²) in [5, 5.41) is 16.8. The Morgan fingerprint density at radius 1 is 1.41 bits per heavy atom. The molecule has 1 unspecified atom stereocenters. The molecule has 0 bridgehead atoms. The fraction of sp³-hybridized carbons (Fsp3) is 0.562. The lowest BCUT2D eigenvalue weighted by Gasteiger charge is -2.17. The van der Waals surface area contributed by atoms with Gasteiger partial charge in [-0.15, -0.1) is 12.4 Å². The molecule has 1 heterocycles. The molecule has 1 aromatic rings. The van der Waals surface area contributed by atoms with Crippen LogP contribution in [0.2, 0.25) is 0 Å². The van der Waals surface area contributed by atoms with E-state index in [1.54, 1.807) is 4.90 Å². The molecule has 0 aromatic heterocycles. The highest BCUT2D eigenvalue weighted by Gasteiger charge is 2.33. The normalized spacial score (nSPS) is 16.7. The van der Waals surface area contributed by atoms with Gasteiger partial charge in [0.05, 0.1) is 10.5 Å². The lowest BCUT2D eigenvalue weighted by molar-refractivity contribution is -0.384. The fourth-order valence-corrected chi connectivity index (χ4v) is 2.99. The maximum Gasteiger partial charge on any atom is 0.416 e. The predicted octanol–water partition coefficient (Wildman–Crippen LogP) is 2.91. The quantitative estimate of drug-likeness (QED) is 0.533. The Morgan fingerprint density at radius 2 is 2.11 bits per heavy atom. The van der Waals surface area contributed by atoms with Crippen molar-refractivity contribution in [3.05, 3.63) is 33.9 Å². The van der Waals surface area contributed by atoms with Crippen LogP contribution in [0.5, 0.6) is 0 Å². The summed E-state index contributed by atoms with van der Waals surface area (Å²) in [4.78, 5) is 24.1. The third-order valence-electron chi connectivity index (χ3n) is 4.31. The van der Waals surface area contributed by atoms with E-state index in [2.05, 4.69) is 10.6 Å². The standard InChI is InChI=1S/C16H21F3N4O3.ClH/c1-20-9-11-5-7-22(10-11)15(24)4-6-21-13-3-2-12(16(17,18)19)8-14(13)23(25)26;/h2-3,8,11,20-21H,4-7,9-10H2,1H3;1H. The summed E-state index contributed by atoms with van der Waals surface area (Å²) < 4.78 is 38.0. The molecule has 0 aliphatic carbocycles. The number of likely N-dealkylation sites (tertiary alicyclic amines) is 1. The molecule has 1 aromatic carbocycles. The Labute approximate surface area is 160 Å². The van der Waals surface area contributed by atoms with Crippen molar-refractivity contribution < 1.29 is 22.9 Å². The van der Waals surface area contributed by atoms with Gasteiger partial charge in [-0.1, -0.05) is 0 Å². The van der Waals surface area contributed by atoms with Crippen LogP contribution in [0.25, 0.3) is 0 Å². The van der Waals surface area contributed by atoms with E-state index in [1.165, 1.54) is 0 Å². The molecule has 0 spiro atoms. The van der Waals surface area contributed by atoms with Crippen LogP contribution in [-0.2, 0) is 11.0 Å².